The van der Waals surface area contributed by atoms with E-state index in [1.165, 1.54) is 10.8 Å². The van der Waals surface area contributed by atoms with Gasteiger partial charge in [0.2, 0.25) is 0 Å². The summed E-state index contributed by atoms with van der Waals surface area (Å²) in [5, 5.41) is 3.71. The molecule has 0 radical (unpaired) electrons. The number of rotatable bonds is 15. The fourth-order valence-corrected chi connectivity index (χ4v) is 3.87. The molecule has 0 bridgehead atoms. The first-order valence-electron chi connectivity index (χ1n) is 11.7. The monoisotopic (exact) mass is 467 g/mol. The number of nitrogens with zero attached hydrogens (tertiary/aromatic N) is 4. The standard InChI is InChI=1S/C22H34FN5O5/c1-16-14-28(22(31)25-21(16)30)19-13-17(26-27-24)18(33-19)15-32-20(29)11-9-7-5-3-2-4-6-8-10-12-23/h14,17-19H,2-13,15H2,1H3,(H,25,30,31)/t17-,18+,19+/m0/s1. The molecule has 10 nitrogen and oxygen atoms in total. The zero-order valence-electron chi connectivity index (χ0n) is 19.2. The van der Waals surface area contributed by atoms with E-state index in [9.17, 15) is 18.8 Å². The number of unbranched alkanes of at least 4 members (excludes halogenated alkanes) is 8. The molecule has 0 unspecified atom stereocenters. The summed E-state index contributed by atoms with van der Waals surface area (Å²) in [6.07, 6.45) is 9.31. The maximum Gasteiger partial charge on any atom is 0.330 e. The molecule has 0 aromatic carbocycles. The second-order valence-electron chi connectivity index (χ2n) is 8.42. The number of halogens is 1. The summed E-state index contributed by atoms with van der Waals surface area (Å²) in [5.41, 5.74) is 8.10. The van der Waals surface area contributed by atoms with E-state index < -0.39 is 29.6 Å². The molecule has 3 atom stereocenters. The molecule has 184 valence electrons. The summed E-state index contributed by atoms with van der Waals surface area (Å²) in [6, 6.07) is -0.600. The summed E-state index contributed by atoms with van der Waals surface area (Å²) in [6.45, 7) is 1.27. The van der Waals surface area contributed by atoms with Gasteiger partial charge in [-0.2, -0.15) is 0 Å². The maximum absolute atomic E-state index is 12.1. The minimum atomic E-state index is -0.732. The van der Waals surface area contributed by atoms with Crippen LogP contribution in [0.5, 0.6) is 0 Å². The number of aromatic nitrogens is 2. The van der Waals surface area contributed by atoms with Crippen molar-refractivity contribution in [3.8, 4) is 0 Å². The van der Waals surface area contributed by atoms with Crippen LogP contribution in [-0.2, 0) is 14.3 Å². The number of azide groups is 1. The topological polar surface area (TPSA) is 139 Å². The fraction of sp³-hybridized carbons (Fsp3) is 0.773. The SMILES string of the molecule is Cc1cn([C@H]2C[C@H](N=[N+]=[N-])[C@@H](COC(=O)CCCCCCCCCCCF)O2)c(=O)[nH]c1=O. The highest BCUT2D eigenvalue weighted by atomic mass is 19.1. The van der Waals surface area contributed by atoms with Crippen molar-refractivity contribution < 1.29 is 18.7 Å². The summed E-state index contributed by atoms with van der Waals surface area (Å²) in [4.78, 5) is 40.8. The second kappa shape index (κ2) is 14.5. The van der Waals surface area contributed by atoms with Gasteiger partial charge in [0.15, 0.2) is 0 Å². The number of aromatic amines is 1. The van der Waals surface area contributed by atoms with Crippen molar-refractivity contribution >= 4 is 5.97 Å². The Morgan fingerprint density at radius 2 is 1.85 bits per heavy atom. The predicted octanol–water partition coefficient (Wildman–Crippen LogP) is 4.23. The Morgan fingerprint density at radius 1 is 1.21 bits per heavy atom. The molecule has 1 aromatic heterocycles. The van der Waals surface area contributed by atoms with Gasteiger partial charge in [-0.3, -0.25) is 23.5 Å². The molecule has 1 aliphatic rings. The van der Waals surface area contributed by atoms with Crippen molar-refractivity contribution in [3.05, 3.63) is 43.0 Å². The van der Waals surface area contributed by atoms with Gasteiger partial charge in [-0.15, -0.1) is 0 Å². The normalized spacial score (nSPS) is 19.9. The molecule has 0 amide bonds. The summed E-state index contributed by atoms with van der Waals surface area (Å²) < 4.78 is 24.4. The van der Waals surface area contributed by atoms with Crippen molar-refractivity contribution in [2.45, 2.75) is 95.9 Å². The van der Waals surface area contributed by atoms with Crippen LogP contribution >= 0.6 is 0 Å². The number of carbonyl (C=O) groups excluding carboxylic acids is 1. The average Bonchev–Trinajstić information content (AvgIpc) is 3.18. The van der Waals surface area contributed by atoms with E-state index in [0.717, 1.165) is 51.4 Å². The number of aryl methyl sites for hydroxylation is 1. The number of H-pyrrole nitrogens is 1. The Labute approximate surface area is 192 Å². The molecular weight excluding hydrogens is 433 g/mol. The molecule has 1 fully saturated rings. The maximum atomic E-state index is 12.1. The molecule has 11 heteroatoms. The van der Waals surface area contributed by atoms with Crippen LogP contribution in [0.15, 0.2) is 20.9 Å². The molecule has 2 rings (SSSR count). The third-order valence-corrected chi connectivity index (χ3v) is 5.78. The molecule has 33 heavy (non-hydrogen) atoms. The Morgan fingerprint density at radius 3 is 2.48 bits per heavy atom. The summed E-state index contributed by atoms with van der Waals surface area (Å²) >= 11 is 0. The van der Waals surface area contributed by atoms with Crippen LogP contribution in [0, 0.1) is 6.92 Å². The zero-order valence-corrected chi connectivity index (χ0v) is 19.2. The lowest BCUT2D eigenvalue weighted by Crippen LogP contribution is -2.33. The number of hydrogen-bond donors (Lipinski definition) is 1. The van der Waals surface area contributed by atoms with E-state index in [1.54, 1.807) is 6.92 Å². The highest BCUT2D eigenvalue weighted by molar-refractivity contribution is 5.69. The molecule has 1 aromatic rings. The lowest BCUT2D eigenvalue weighted by Gasteiger charge is -2.17. The number of esters is 1. The van der Waals surface area contributed by atoms with Crippen LogP contribution in [0.3, 0.4) is 0 Å². The quantitative estimate of drug-likeness (QED) is 0.135. The van der Waals surface area contributed by atoms with Gasteiger partial charge in [-0.1, -0.05) is 50.1 Å². The largest absolute Gasteiger partial charge is 0.463 e. The third-order valence-electron chi connectivity index (χ3n) is 5.78. The van der Waals surface area contributed by atoms with E-state index in [1.807, 2.05) is 0 Å². The van der Waals surface area contributed by atoms with Crippen LogP contribution in [0.4, 0.5) is 4.39 Å². The third kappa shape index (κ3) is 9.01. The fourth-order valence-electron chi connectivity index (χ4n) is 3.87. The van der Waals surface area contributed by atoms with E-state index in [-0.39, 0.29) is 25.7 Å². The van der Waals surface area contributed by atoms with E-state index in [0.29, 0.717) is 18.4 Å². The van der Waals surface area contributed by atoms with Crippen molar-refractivity contribution in [2.24, 2.45) is 5.11 Å². The van der Waals surface area contributed by atoms with Gasteiger partial charge in [0.1, 0.15) is 18.9 Å². The second-order valence-corrected chi connectivity index (χ2v) is 8.42. The van der Waals surface area contributed by atoms with Crippen molar-refractivity contribution in [1.29, 1.82) is 0 Å². The predicted molar refractivity (Wildman–Crippen MR) is 121 cm³/mol. The average molecular weight is 468 g/mol. The molecular formula is C22H34FN5O5. The van der Waals surface area contributed by atoms with E-state index in [4.69, 9.17) is 15.0 Å². The van der Waals surface area contributed by atoms with Crippen LogP contribution in [-0.4, -0.2) is 40.9 Å². The van der Waals surface area contributed by atoms with E-state index >= 15 is 0 Å². The van der Waals surface area contributed by atoms with Gasteiger partial charge in [0.25, 0.3) is 5.56 Å². The highest BCUT2D eigenvalue weighted by Gasteiger charge is 2.37. The smallest absolute Gasteiger partial charge is 0.330 e. The van der Waals surface area contributed by atoms with Gasteiger partial charge in [-0.25, -0.2) is 4.79 Å². The van der Waals surface area contributed by atoms with Crippen molar-refractivity contribution in [1.82, 2.24) is 9.55 Å². The Hall–Kier alpha value is -2.65. The highest BCUT2D eigenvalue weighted by Crippen LogP contribution is 2.30. The summed E-state index contributed by atoms with van der Waals surface area (Å²) in [7, 11) is 0. The number of ether oxygens (including phenoxy) is 2. The lowest BCUT2D eigenvalue weighted by atomic mass is 10.1. The molecule has 1 aliphatic heterocycles. The number of hydrogen-bond acceptors (Lipinski definition) is 6. The molecule has 0 aliphatic carbocycles. The van der Waals surface area contributed by atoms with Crippen LogP contribution < -0.4 is 11.2 Å². The number of nitrogens with one attached hydrogen (secondary N) is 1. The lowest BCUT2D eigenvalue weighted by molar-refractivity contribution is -0.148. The van der Waals surface area contributed by atoms with Crippen LogP contribution in [0.25, 0.3) is 10.4 Å². The first-order chi connectivity index (χ1) is 16.0. The van der Waals surface area contributed by atoms with Crippen LogP contribution in [0.1, 0.15) is 82.4 Å². The first-order valence-corrected chi connectivity index (χ1v) is 11.7. The van der Waals surface area contributed by atoms with Gasteiger partial charge in [0.05, 0.1) is 12.7 Å². The van der Waals surface area contributed by atoms with Crippen molar-refractivity contribution in [2.75, 3.05) is 13.3 Å². The number of carbonyl (C=O) groups is 1. The van der Waals surface area contributed by atoms with Gasteiger partial charge < -0.3 is 9.47 Å². The molecule has 1 saturated heterocycles. The first kappa shape index (κ1) is 26.6. The van der Waals surface area contributed by atoms with Crippen LogP contribution in [0.2, 0.25) is 0 Å². The van der Waals surface area contributed by atoms with Gasteiger partial charge in [0, 0.05) is 29.5 Å². The minimum Gasteiger partial charge on any atom is -0.463 e. The minimum absolute atomic E-state index is 0.0744. The Balaban J connectivity index is 1.71. The van der Waals surface area contributed by atoms with Gasteiger partial charge >= 0.3 is 11.7 Å². The Kier molecular flexibility index (Phi) is 11.7. The molecule has 1 N–H and O–H groups in total. The van der Waals surface area contributed by atoms with Gasteiger partial charge in [-0.05, 0) is 25.3 Å². The zero-order chi connectivity index (χ0) is 24.1. The molecule has 0 spiro atoms. The van der Waals surface area contributed by atoms with E-state index in [2.05, 4.69) is 15.0 Å². The number of alkyl halides is 1. The molecule has 0 saturated carbocycles. The summed E-state index contributed by atoms with van der Waals surface area (Å²) in [5.74, 6) is -0.343. The van der Waals surface area contributed by atoms with Crippen molar-refractivity contribution in [3.63, 3.8) is 0 Å². The molecule has 2 heterocycles. The Bertz CT molecular complexity index is 911.